The first-order valence-corrected chi connectivity index (χ1v) is 9.43. The van der Waals surface area contributed by atoms with Gasteiger partial charge in [0.25, 0.3) is 11.8 Å². The first-order chi connectivity index (χ1) is 12.5. The normalized spacial score (nSPS) is 10.2. The molecule has 0 heterocycles. The highest BCUT2D eigenvalue weighted by Gasteiger charge is 2.12. The molecule has 0 bridgehead atoms. The van der Waals surface area contributed by atoms with Crippen LogP contribution in [-0.2, 0) is 20.1 Å². The Morgan fingerprint density at radius 3 is 2.42 bits per heavy atom. The molecule has 0 radical (unpaired) electrons. The van der Waals surface area contributed by atoms with E-state index in [2.05, 4.69) is 5.32 Å². The fourth-order valence-electron chi connectivity index (χ4n) is 1.89. The van der Waals surface area contributed by atoms with Crippen LogP contribution in [-0.4, -0.2) is 30.1 Å². The van der Waals surface area contributed by atoms with Gasteiger partial charge in [0.15, 0.2) is 6.61 Å². The Morgan fingerprint density at radius 2 is 1.73 bits per heavy atom. The predicted molar refractivity (Wildman–Crippen MR) is 102 cm³/mol. The van der Waals surface area contributed by atoms with Crippen LogP contribution in [0.3, 0.4) is 0 Å². The zero-order valence-corrected chi connectivity index (χ0v) is 15.9. The number of hydrogen-bond donors (Lipinski definition) is 1. The van der Waals surface area contributed by atoms with Gasteiger partial charge in [-0.3, -0.25) is 19.7 Å². The number of ether oxygens (including phenoxy) is 1. The number of imide groups is 1. The van der Waals surface area contributed by atoms with Gasteiger partial charge in [0.05, 0.1) is 15.8 Å². The predicted octanol–water partition coefficient (Wildman–Crippen LogP) is 3.73. The summed E-state index contributed by atoms with van der Waals surface area (Å²) in [4.78, 5) is 35.1. The zero-order chi connectivity index (χ0) is 18.9. The molecule has 0 aliphatic rings. The molecule has 1 N–H and O–H groups in total. The van der Waals surface area contributed by atoms with Gasteiger partial charge in [-0.25, -0.2) is 0 Å². The molecule has 8 heteroatoms. The number of carbonyl (C=O) groups excluding carboxylic acids is 3. The number of thioether (sulfide) groups is 1. The maximum Gasteiger partial charge on any atom is 0.316 e. The van der Waals surface area contributed by atoms with Crippen LogP contribution in [0.25, 0.3) is 0 Å². The number of halogens is 2. The van der Waals surface area contributed by atoms with Gasteiger partial charge >= 0.3 is 5.97 Å². The van der Waals surface area contributed by atoms with Gasteiger partial charge in [-0.15, -0.1) is 11.8 Å². The summed E-state index contributed by atoms with van der Waals surface area (Å²) in [6, 6.07) is 13.5. The number of benzene rings is 2. The molecule has 0 unspecified atom stereocenters. The summed E-state index contributed by atoms with van der Waals surface area (Å²) >= 11 is 13.1. The van der Waals surface area contributed by atoms with Gasteiger partial charge in [-0.2, -0.15) is 0 Å². The van der Waals surface area contributed by atoms with E-state index >= 15 is 0 Å². The van der Waals surface area contributed by atoms with Crippen molar-refractivity contribution in [3.05, 3.63) is 69.7 Å². The van der Waals surface area contributed by atoms with E-state index < -0.39 is 24.4 Å². The second-order valence-corrected chi connectivity index (χ2v) is 6.95. The molecule has 2 aromatic carbocycles. The van der Waals surface area contributed by atoms with Gasteiger partial charge in [0, 0.05) is 11.3 Å². The highest BCUT2D eigenvalue weighted by molar-refractivity contribution is 7.99. The summed E-state index contributed by atoms with van der Waals surface area (Å²) in [6.45, 7) is -0.509. The fraction of sp³-hybridized carbons (Fsp3) is 0.167. The number of carbonyl (C=O) groups is 3. The number of nitrogens with one attached hydrogen (secondary N) is 1. The number of hydrogen-bond acceptors (Lipinski definition) is 5. The van der Waals surface area contributed by atoms with Gasteiger partial charge < -0.3 is 4.74 Å². The van der Waals surface area contributed by atoms with Crippen LogP contribution in [0.1, 0.15) is 15.9 Å². The molecule has 2 amide bonds. The van der Waals surface area contributed by atoms with Crippen molar-refractivity contribution in [2.45, 2.75) is 5.75 Å². The first kappa shape index (κ1) is 20.3. The van der Waals surface area contributed by atoms with Crippen LogP contribution in [0.5, 0.6) is 0 Å². The van der Waals surface area contributed by atoms with E-state index in [1.54, 1.807) is 42.5 Å². The average molecular weight is 412 g/mol. The molecule has 0 aliphatic carbocycles. The van der Waals surface area contributed by atoms with E-state index in [9.17, 15) is 14.4 Å². The van der Waals surface area contributed by atoms with Crippen molar-refractivity contribution < 1.29 is 19.1 Å². The van der Waals surface area contributed by atoms with Crippen LogP contribution < -0.4 is 5.32 Å². The molecule has 0 atom stereocenters. The van der Waals surface area contributed by atoms with E-state index in [4.69, 9.17) is 27.9 Å². The van der Waals surface area contributed by atoms with E-state index in [-0.39, 0.29) is 5.75 Å². The summed E-state index contributed by atoms with van der Waals surface area (Å²) in [7, 11) is 0. The fourth-order valence-corrected chi connectivity index (χ4v) is 2.98. The number of rotatable bonds is 7. The van der Waals surface area contributed by atoms with Crippen molar-refractivity contribution in [3.8, 4) is 0 Å². The maximum atomic E-state index is 11.8. The monoisotopic (exact) mass is 411 g/mol. The van der Waals surface area contributed by atoms with Crippen LogP contribution in [0.2, 0.25) is 10.0 Å². The molecular formula is C18H15Cl2NO4S. The SMILES string of the molecule is O=C(COC(=O)CSCc1ccc(Cl)c(Cl)c1)NC(=O)c1ccccc1. The molecule has 5 nitrogen and oxygen atoms in total. The second kappa shape index (κ2) is 10.2. The van der Waals surface area contributed by atoms with Gasteiger partial charge in [0.1, 0.15) is 0 Å². The molecule has 0 saturated heterocycles. The van der Waals surface area contributed by atoms with Gasteiger partial charge in [-0.1, -0.05) is 47.5 Å². The standard InChI is InChI=1S/C18H15Cl2NO4S/c19-14-7-6-12(8-15(14)20)10-26-11-17(23)25-9-16(22)21-18(24)13-4-2-1-3-5-13/h1-8H,9-11H2,(H,21,22,24). The van der Waals surface area contributed by atoms with Gasteiger partial charge in [-0.05, 0) is 29.8 Å². The minimum absolute atomic E-state index is 0.0696. The highest BCUT2D eigenvalue weighted by atomic mass is 35.5. The van der Waals surface area contributed by atoms with Crippen molar-refractivity contribution in [2.24, 2.45) is 0 Å². The molecular weight excluding hydrogens is 397 g/mol. The Bertz CT molecular complexity index is 799. The Balaban J connectivity index is 1.67. The van der Waals surface area contributed by atoms with Crippen LogP contribution in [0.15, 0.2) is 48.5 Å². The van der Waals surface area contributed by atoms with E-state index in [0.29, 0.717) is 21.4 Å². The minimum Gasteiger partial charge on any atom is -0.455 e. The molecule has 0 aromatic heterocycles. The quantitative estimate of drug-likeness (QED) is 0.702. The first-order valence-electron chi connectivity index (χ1n) is 7.52. The van der Waals surface area contributed by atoms with Gasteiger partial charge in [0.2, 0.25) is 0 Å². The molecule has 0 fully saturated rings. The second-order valence-electron chi connectivity index (χ2n) is 5.15. The lowest BCUT2D eigenvalue weighted by Gasteiger charge is -2.06. The smallest absolute Gasteiger partial charge is 0.316 e. The summed E-state index contributed by atoms with van der Waals surface area (Å²) in [5.41, 5.74) is 1.27. The highest BCUT2D eigenvalue weighted by Crippen LogP contribution is 2.24. The Labute approximate surface area is 165 Å². The van der Waals surface area contributed by atoms with Crippen molar-refractivity contribution in [3.63, 3.8) is 0 Å². The Kier molecular flexibility index (Phi) is 7.97. The summed E-state index contributed by atoms with van der Waals surface area (Å²) in [5, 5.41) is 3.08. The lowest BCUT2D eigenvalue weighted by atomic mass is 10.2. The van der Waals surface area contributed by atoms with Crippen LogP contribution >= 0.6 is 35.0 Å². The van der Waals surface area contributed by atoms with Crippen molar-refractivity contribution in [1.82, 2.24) is 5.32 Å². The third-order valence-electron chi connectivity index (χ3n) is 3.13. The summed E-state index contributed by atoms with van der Waals surface area (Å²) < 4.78 is 4.85. The summed E-state index contributed by atoms with van der Waals surface area (Å²) in [5.74, 6) is -1.15. The lowest BCUT2D eigenvalue weighted by molar-refractivity contribution is -0.145. The third-order valence-corrected chi connectivity index (χ3v) is 4.84. The largest absolute Gasteiger partial charge is 0.455 e. The molecule has 136 valence electrons. The molecule has 2 aromatic rings. The topological polar surface area (TPSA) is 72.5 Å². The van der Waals surface area contributed by atoms with Crippen molar-refractivity contribution >= 4 is 52.7 Å². The van der Waals surface area contributed by atoms with E-state index in [1.807, 2.05) is 6.07 Å². The van der Waals surface area contributed by atoms with E-state index in [0.717, 1.165) is 5.56 Å². The molecule has 0 spiro atoms. The van der Waals surface area contributed by atoms with Crippen molar-refractivity contribution in [2.75, 3.05) is 12.4 Å². The maximum absolute atomic E-state index is 11.8. The minimum atomic E-state index is -0.679. The molecule has 0 saturated carbocycles. The van der Waals surface area contributed by atoms with Crippen molar-refractivity contribution in [1.29, 1.82) is 0 Å². The number of esters is 1. The van der Waals surface area contributed by atoms with Crippen LogP contribution in [0.4, 0.5) is 0 Å². The van der Waals surface area contributed by atoms with Crippen LogP contribution in [0, 0.1) is 0 Å². The third kappa shape index (κ3) is 6.71. The number of amides is 2. The summed E-state index contributed by atoms with van der Waals surface area (Å²) in [6.07, 6.45) is 0. The Hall–Kier alpha value is -2.02. The lowest BCUT2D eigenvalue weighted by Crippen LogP contribution is -2.34. The molecule has 2 rings (SSSR count). The average Bonchev–Trinajstić information content (AvgIpc) is 2.63. The zero-order valence-electron chi connectivity index (χ0n) is 13.5. The van der Waals surface area contributed by atoms with E-state index in [1.165, 1.54) is 11.8 Å². The Morgan fingerprint density at radius 1 is 1.00 bits per heavy atom. The molecule has 26 heavy (non-hydrogen) atoms. The molecule has 0 aliphatic heterocycles.